The number of carbonyl (C=O) groups is 2. The van der Waals surface area contributed by atoms with E-state index in [1.165, 1.54) is 28.6 Å². The Balaban J connectivity index is 1.76. The predicted molar refractivity (Wildman–Crippen MR) is 99.0 cm³/mol. The van der Waals surface area contributed by atoms with Gasteiger partial charge in [-0.25, -0.2) is 12.8 Å². The minimum Gasteiger partial charge on any atom is -0.507 e. The Morgan fingerprint density at radius 2 is 1.62 bits per heavy atom. The van der Waals surface area contributed by atoms with E-state index >= 15 is 0 Å². The number of hydrazine groups is 1. The second-order valence-electron chi connectivity index (χ2n) is 6.08. The number of phenolic OH excluding ortho intramolecular Hbond substituents is 1. The molecule has 3 rings (SSSR count). The van der Waals surface area contributed by atoms with E-state index in [4.69, 9.17) is 4.74 Å². The molecule has 29 heavy (non-hydrogen) atoms. The molecule has 1 aliphatic heterocycles. The summed E-state index contributed by atoms with van der Waals surface area (Å²) < 4.78 is 45.8. The normalized spacial score (nSPS) is 14.9. The fourth-order valence-corrected chi connectivity index (χ4v) is 4.12. The zero-order chi connectivity index (χ0) is 21.0. The highest BCUT2D eigenvalue weighted by Crippen LogP contribution is 2.20. The Morgan fingerprint density at radius 1 is 1.00 bits per heavy atom. The maximum atomic E-state index is 14.1. The number of nitrogens with zero attached hydrogens (tertiary/aromatic N) is 1. The third-order valence-corrected chi connectivity index (χ3v) is 6.12. The fraction of sp³-hybridized carbons (Fsp3) is 0.222. The maximum absolute atomic E-state index is 14.1. The van der Waals surface area contributed by atoms with Crippen LogP contribution in [0, 0.1) is 5.82 Å². The quantitative estimate of drug-likeness (QED) is 0.620. The van der Waals surface area contributed by atoms with E-state index in [1.54, 1.807) is 0 Å². The summed E-state index contributed by atoms with van der Waals surface area (Å²) in [6.45, 7) is 0.786. The highest BCUT2D eigenvalue weighted by Gasteiger charge is 2.28. The van der Waals surface area contributed by atoms with Gasteiger partial charge in [-0.15, -0.1) is 0 Å². The number of halogens is 1. The maximum Gasteiger partial charge on any atom is 0.273 e. The molecule has 2 amide bonds. The van der Waals surface area contributed by atoms with Crippen LogP contribution in [0.4, 0.5) is 4.39 Å². The fourth-order valence-electron chi connectivity index (χ4n) is 2.69. The highest BCUT2D eigenvalue weighted by atomic mass is 32.2. The van der Waals surface area contributed by atoms with Gasteiger partial charge < -0.3 is 9.84 Å². The number of nitrogens with one attached hydrogen (secondary N) is 2. The van der Waals surface area contributed by atoms with Crippen LogP contribution >= 0.6 is 0 Å². The number of ether oxygens (including phenoxy) is 1. The van der Waals surface area contributed by atoms with Crippen LogP contribution in [0.5, 0.6) is 5.75 Å². The summed E-state index contributed by atoms with van der Waals surface area (Å²) in [5.74, 6) is -3.14. The average molecular weight is 423 g/mol. The van der Waals surface area contributed by atoms with Gasteiger partial charge in [-0.1, -0.05) is 12.1 Å². The van der Waals surface area contributed by atoms with Crippen molar-refractivity contribution in [1.29, 1.82) is 0 Å². The average Bonchev–Trinajstić information content (AvgIpc) is 2.73. The summed E-state index contributed by atoms with van der Waals surface area (Å²) in [5.41, 5.74) is 3.39. The van der Waals surface area contributed by atoms with Gasteiger partial charge in [0.05, 0.1) is 29.2 Å². The van der Waals surface area contributed by atoms with E-state index in [2.05, 4.69) is 0 Å². The topological polar surface area (TPSA) is 125 Å². The molecule has 0 saturated carbocycles. The summed E-state index contributed by atoms with van der Waals surface area (Å²) in [7, 11) is -3.93. The largest absolute Gasteiger partial charge is 0.507 e. The van der Waals surface area contributed by atoms with Crippen molar-refractivity contribution in [2.45, 2.75) is 4.90 Å². The van der Waals surface area contributed by atoms with Crippen LogP contribution in [0.3, 0.4) is 0 Å². The SMILES string of the molecule is O=C(NNC(=O)c1cc(S(=O)(=O)N2CCOCC2)ccc1F)c1ccccc1O. The first-order valence-electron chi connectivity index (χ1n) is 8.57. The molecule has 0 radical (unpaired) electrons. The molecule has 3 N–H and O–H groups in total. The van der Waals surface area contributed by atoms with E-state index in [0.29, 0.717) is 0 Å². The van der Waals surface area contributed by atoms with Gasteiger partial charge in [0, 0.05) is 13.1 Å². The van der Waals surface area contributed by atoms with Crippen LogP contribution in [0.1, 0.15) is 20.7 Å². The number of benzene rings is 2. The van der Waals surface area contributed by atoms with Crippen molar-refractivity contribution < 1.29 is 32.2 Å². The lowest BCUT2D eigenvalue weighted by Gasteiger charge is -2.26. The van der Waals surface area contributed by atoms with Crippen LogP contribution in [-0.2, 0) is 14.8 Å². The molecule has 9 nitrogen and oxygen atoms in total. The van der Waals surface area contributed by atoms with Gasteiger partial charge in [0.1, 0.15) is 11.6 Å². The Kier molecular flexibility index (Phi) is 6.11. The Labute approximate surface area is 166 Å². The lowest BCUT2D eigenvalue weighted by molar-refractivity contribution is 0.0730. The van der Waals surface area contributed by atoms with Crippen LogP contribution in [-0.4, -0.2) is 55.9 Å². The van der Waals surface area contributed by atoms with E-state index in [1.807, 2.05) is 10.9 Å². The van der Waals surface area contributed by atoms with Gasteiger partial charge in [-0.2, -0.15) is 4.31 Å². The summed E-state index contributed by atoms with van der Waals surface area (Å²) in [6.07, 6.45) is 0. The molecule has 0 unspecified atom stereocenters. The molecular weight excluding hydrogens is 405 g/mol. The van der Waals surface area contributed by atoms with Gasteiger partial charge in [-0.3, -0.25) is 20.4 Å². The van der Waals surface area contributed by atoms with Crippen molar-refractivity contribution in [2.75, 3.05) is 26.3 Å². The molecule has 1 saturated heterocycles. The molecule has 1 fully saturated rings. The number of hydrogen-bond donors (Lipinski definition) is 3. The van der Waals surface area contributed by atoms with Crippen LogP contribution in [0.2, 0.25) is 0 Å². The van der Waals surface area contributed by atoms with Crippen LogP contribution < -0.4 is 10.9 Å². The third kappa shape index (κ3) is 4.53. The number of morpholine rings is 1. The van der Waals surface area contributed by atoms with Gasteiger partial charge in [0.2, 0.25) is 10.0 Å². The number of amides is 2. The Morgan fingerprint density at radius 3 is 2.28 bits per heavy atom. The zero-order valence-electron chi connectivity index (χ0n) is 15.1. The van der Waals surface area contributed by atoms with Crippen LogP contribution in [0.15, 0.2) is 47.4 Å². The predicted octanol–water partition coefficient (Wildman–Crippen LogP) is 0.627. The molecule has 2 aromatic carbocycles. The van der Waals surface area contributed by atoms with Crippen molar-refractivity contribution in [3.63, 3.8) is 0 Å². The minimum atomic E-state index is -3.93. The van der Waals surface area contributed by atoms with Crippen LogP contribution in [0.25, 0.3) is 0 Å². The van der Waals surface area contributed by atoms with E-state index in [0.717, 1.165) is 18.2 Å². The molecule has 0 aromatic heterocycles. The highest BCUT2D eigenvalue weighted by molar-refractivity contribution is 7.89. The number of phenols is 1. The van der Waals surface area contributed by atoms with E-state index < -0.39 is 33.2 Å². The molecule has 11 heteroatoms. The Bertz CT molecular complexity index is 1040. The number of rotatable bonds is 4. The van der Waals surface area contributed by atoms with Gasteiger partial charge in [0.15, 0.2) is 0 Å². The number of aromatic hydroxyl groups is 1. The molecule has 0 atom stereocenters. The van der Waals surface area contributed by atoms with Gasteiger partial charge in [0.25, 0.3) is 11.8 Å². The summed E-state index contributed by atoms with van der Waals surface area (Å²) in [6, 6.07) is 8.48. The molecule has 1 heterocycles. The Hall–Kier alpha value is -3.02. The van der Waals surface area contributed by atoms with Crippen molar-refractivity contribution in [2.24, 2.45) is 0 Å². The van der Waals surface area contributed by atoms with Crippen molar-refractivity contribution in [1.82, 2.24) is 15.2 Å². The number of hydrogen-bond acceptors (Lipinski definition) is 6. The third-order valence-electron chi connectivity index (χ3n) is 4.23. The first-order chi connectivity index (χ1) is 13.8. The summed E-state index contributed by atoms with van der Waals surface area (Å²) in [4.78, 5) is 24.1. The number of sulfonamides is 1. The molecule has 0 spiro atoms. The second kappa shape index (κ2) is 8.55. The van der Waals surface area contributed by atoms with Crippen molar-refractivity contribution in [3.8, 4) is 5.75 Å². The van der Waals surface area contributed by atoms with E-state index in [-0.39, 0.29) is 42.5 Å². The van der Waals surface area contributed by atoms with Crippen molar-refractivity contribution >= 4 is 21.8 Å². The molecule has 1 aliphatic rings. The molecule has 2 aromatic rings. The molecule has 0 bridgehead atoms. The molecule has 0 aliphatic carbocycles. The van der Waals surface area contributed by atoms with E-state index in [9.17, 15) is 27.5 Å². The number of carbonyl (C=O) groups excluding carboxylic acids is 2. The van der Waals surface area contributed by atoms with Crippen molar-refractivity contribution in [3.05, 3.63) is 59.4 Å². The summed E-state index contributed by atoms with van der Waals surface area (Å²) in [5, 5.41) is 9.64. The first kappa shape index (κ1) is 20.7. The minimum absolute atomic E-state index is 0.100. The lowest BCUT2D eigenvalue weighted by Crippen LogP contribution is -2.42. The smallest absolute Gasteiger partial charge is 0.273 e. The molecular formula is C18H18FN3O6S. The van der Waals surface area contributed by atoms with Gasteiger partial charge in [-0.05, 0) is 30.3 Å². The molecule has 154 valence electrons. The zero-order valence-corrected chi connectivity index (χ0v) is 15.9. The second-order valence-corrected chi connectivity index (χ2v) is 8.02. The number of para-hydroxylation sites is 1. The first-order valence-corrected chi connectivity index (χ1v) is 10.0. The monoisotopic (exact) mass is 423 g/mol. The summed E-state index contributed by atoms with van der Waals surface area (Å²) >= 11 is 0. The lowest BCUT2D eigenvalue weighted by atomic mass is 10.2. The van der Waals surface area contributed by atoms with Gasteiger partial charge >= 0.3 is 0 Å². The standard InChI is InChI=1S/C18H18FN3O6S/c19-15-6-5-12(29(26,27)22-7-9-28-10-8-22)11-14(15)18(25)21-20-17(24)13-3-1-2-4-16(13)23/h1-6,11,23H,7-10H2,(H,20,24)(H,21,25).